The predicted octanol–water partition coefficient (Wildman–Crippen LogP) is 2.45. The monoisotopic (exact) mass is 296 g/mol. The van der Waals surface area contributed by atoms with Gasteiger partial charge < -0.3 is 9.96 Å². The zero-order valence-corrected chi connectivity index (χ0v) is 12.9. The highest BCUT2D eigenvalue weighted by Gasteiger charge is 2.36. The molecule has 0 radical (unpaired) electrons. The molecule has 0 aliphatic heterocycles. The van der Waals surface area contributed by atoms with Crippen LogP contribution in [0.2, 0.25) is 19.6 Å². The van der Waals surface area contributed by atoms with E-state index in [1.54, 1.807) is 18.2 Å². The molecule has 0 saturated heterocycles. The van der Waals surface area contributed by atoms with Gasteiger partial charge in [0.05, 0.1) is 4.90 Å². The highest BCUT2D eigenvalue weighted by Crippen LogP contribution is 2.18. The Morgan fingerprint density at radius 2 is 1.79 bits per heavy atom. The Morgan fingerprint density at radius 1 is 1.26 bits per heavy atom. The van der Waals surface area contributed by atoms with Gasteiger partial charge in [-0.1, -0.05) is 18.2 Å². The predicted molar refractivity (Wildman–Crippen MR) is 75.8 cm³/mol. The molecular formula is C12H16N2O3SSi. The van der Waals surface area contributed by atoms with E-state index in [1.165, 1.54) is 12.1 Å². The van der Waals surface area contributed by atoms with Crippen molar-refractivity contribution < 1.29 is 17.6 Å². The Balaban J connectivity index is 3.20. The highest BCUT2D eigenvalue weighted by atomic mass is 32.2. The molecule has 0 aliphatic rings. The highest BCUT2D eigenvalue weighted by molar-refractivity contribution is 8.06. The normalized spacial score (nSPS) is 11.5. The first kappa shape index (κ1) is 15.4. The van der Waals surface area contributed by atoms with Crippen LogP contribution in [-0.2, 0) is 14.3 Å². The van der Waals surface area contributed by atoms with E-state index in [0.29, 0.717) is 0 Å². The molecule has 102 valence electrons. The first-order valence-corrected chi connectivity index (χ1v) is 10.5. The fourth-order valence-corrected chi connectivity index (χ4v) is 3.48. The number of hydrogen-bond acceptors (Lipinski definition) is 3. The van der Waals surface area contributed by atoms with Gasteiger partial charge in [-0.05, 0) is 38.4 Å². The van der Waals surface area contributed by atoms with Gasteiger partial charge >= 0.3 is 5.04 Å². The van der Waals surface area contributed by atoms with E-state index in [9.17, 15) is 8.42 Å². The molecule has 5 nitrogen and oxygen atoms in total. The van der Waals surface area contributed by atoms with Crippen LogP contribution in [0, 0.1) is 0 Å². The van der Waals surface area contributed by atoms with Gasteiger partial charge in [0.25, 0.3) is 9.84 Å². The Bertz CT molecular complexity index is 627. The lowest BCUT2D eigenvalue weighted by Crippen LogP contribution is -2.30. The minimum atomic E-state index is -3.93. The first-order valence-electron chi connectivity index (χ1n) is 5.59. The summed E-state index contributed by atoms with van der Waals surface area (Å²) in [6.45, 7) is 9.18. The third kappa shape index (κ3) is 3.89. The van der Waals surface area contributed by atoms with Crippen LogP contribution in [-0.4, -0.2) is 26.6 Å². The lowest BCUT2D eigenvalue weighted by Gasteiger charge is -2.18. The second kappa shape index (κ2) is 5.52. The van der Waals surface area contributed by atoms with Crippen molar-refractivity contribution in [3.8, 4) is 0 Å². The molecule has 0 aromatic heterocycles. The first-order chi connectivity index (χ1) is 8.68. The summed E-state index contributed by atoms with van der Waals surface area (Å²) < 4.78 is 30.0. The van der Waals surface area contributed by atoms with Gasteiger partial charge in [-0.2, -0.15) is 0 Å². The van der Waals surface area contributed by atoms with Crippen LogP contribution < -0.4 is 0 Å². The van der Waals surface area contributed by atoms with E-state index in [0.717, 1.165) is 0 Å². The summed E-state index contributed by atoms with van der Waals surface area (Å²) in [5.74, 6) is -0.134. The van der Waals surface area contributed by atoms with Crippen LogP contribution in [0.5, 0.6) is 0 Å². The second-order valence-electron chi connectivity index (χ2n) is 4.86. The summed E-state index contributed by atoms with van der Waals surface area (Å²) in [5, 5.41) is -0.555. The van der Waals surface area contributed by atoms with Gasteiger partial charge in [-0.15, -0.1) is 4.79 Å². The number of nitrogens with zero attached hydrogens (tertiary/aromatic N) is 2. The molecule has 1 aromatic rings. The fourth-order valence-electron chi connectivity index (χ4n) is 1.38. The van der Waals surface area contributed by atoms with E-state index in [-0.39, 0.29) is 10.7 Å². The van der Waals surface area contributed by atoms with Crippen LogP contribution in [0.25, 0.3) is 5.53 Å². The lowest BCUT2D eigenvalue weighted by molar-refractivity contribution is -0.00239. The minimum Gasteiger partial charge on any atom is -0.539 e. The van der Waals surface area contributed by atoms with E-state index < -0.39 is 23.2 Å². The maximum Gasteiger partial charge on any atom is 0.448 e. The van der Waals surface area contributed by atoms with E-state index in [4.69, 9.17) is 9.96 Å². The van der Waals surface area contributed by atoms with Crippen molar-refractivity contribution in [1.29, 1.82) is 0 Å². The summed E-state index contributed by atoms with van der Waals surface area (Å²) >= 11 is 0. The lowest BCUT2D eigenvalue weighted by atomic mass is 10.4. The van der Waals surface area contributed by atoms with Crippen molar-refractivity contribution in [2.24, 2.45) is 0 Å². The van der Waals surface area contributed by atoms with Crippen molar-refractivity contribution in [3.63, 3.8) is 0 Å². The topological polar surface area (TPSA) is 79.8 Å². The second-order valence-corrected chi connectivity index (χ2v) is 11.2. The summed E-state index contributed by atoms with van der Waals surface area (Å²) in [6.07, 6.45) is 0. The van der Waals surface area contributed by atoms with Crippen molar-refractivity contribution in [1.82, 2.24) is 0 Å². The number of rotatable bonds is 4. The quantitative estimate of drug-likeness (QED) is 0.214. The molecular weight excluding hydrogens is 280 g/mol. The average molecular weight is 296 g/mol. The third-order valence-electron chi connectivity index (χ3n) is 2.07. The molecule has 1 rings (SSSR count). The van der Waals surface area contributed by atoms with Gasteiger partial charge in [0, 0.05) is 0 Å². The molecule has 0 fully saturated rings. The molecule has 0 saturated carbocycles. The van der Waals surface area contributed by atoms with E-state index in [2.05, 4.69) is 11.4 Å². The van der Waals surface area contributed by atoms with Crippen LogP contribution >= 0.6 is 0 Å². The number of hydrogen-bond donors (Lipinski definition) is 0. The molecule has 0 unspecified atom stereocenters. The molecule has 0 heterocycles. The fraction of sp³-hybridized carbons (Fsp3) is 0.250. The molecule has 0 spiro atoms. The van der Waals surface area contributed by atoms with Gasteiger partial charge in [-0.25, -0.2) is 8.42 Å². The molecule has 1 aromatic carbocycles. The van der Waals surface area contributed by atoms with Gasteiger partial charge in [-0.3, -0.25) is 0 Å². The SMILES string of the molecule is C=C(O[Si](C)(C)C)C(=[N+]=[N-])S(=O)(=O)c1ccccc1. The molecule has 7 heteroatoms. The average Bonchev–Trinajstić information content (AvgIpc) is 2.28. The van der Waals surface area contributed by atoms with Crippen LogP contribution in [0.15, 0.2) is 47.6 Å². The van der Waals surface area contributed by atoms with Crippen molar-refractivity contribution in [3.05, 3.63) is 48.2 Å². The maximum absolute atomic E-state index is 12.3. The molecule has 0 amide bonds. The Morgan fingerprint density at radius 3 is 2.21 bits per heavy atom. The Kier molecular flexibility index (Phi) is 4.46. The minimum absolute atomic E-state index is 0.0307. The summed E-state index contributed by atoms with van der Waals surface area (Å²) in [4.78, 5) is 2.88. The van der Waals surface area contributed by atoms with Gasteiger partial charge in [0.2, 0.25) is 14.1 Å². The smallest absolute Gasteiger partial charge is 0.448 e. The van der Waals surface area contributed by atoms with Crippen molar-refractivity contribution in [2.45, 2.75) is 24.5 Å². The number of benzene rings is 1. The van der Waals surface area contributed by atoms with Crippen LogP contribution in [0.1, 0.15) is 0 Å². The van der Waals surface area contributed by atoms with E-state index >= 15 is 0 Å². The number of sulfone groups is 1. The van der Waals surface area contributed by atoms with Gasteiger partial charge in [0.15, 0.2) is 0 Å². The maximum atomic E-state index is 12.3. The summed E-state index contributed by atoms with van der Waals surface area (Å²) in [7, 11) is -5.96. The molecule has 19 heavy (non-hydrogen) atoms. The summed E-state index contributed by atoms with van der Waals surface area (Å²) in [5.41, 5.74) is 8.97. The van der Waals surface area contributed by atoms with Crippen LogP contribution in [0.3, 0.4) is 0 Å². The molecule has 0 bridgehead atoms. The molecule has 0 aliphatic carbocycles. The van der Waals surface area contributed by atoms with E-state index in [1.807, 2.05) is 19.6 Å². The Hall–Kier alpha value is -1.69. The van der Waals surface area contributed by atoms with Crippen molar-refractivity contribution >= 4 is 23.2 Å². The van der Waals surface area contributed by atoms with Crippen molar-refractivity contribution in [2.75, 3.05) is 0 Å². The van der Waals surface area contributed by atoms with Gasteiger partial charge in [0.1, 0.15) is 0 Å². The standard InChI is InChI=1S/C12H16N2O3SSi/c1-10(17-19(2,3)4)12(14-13)18(15,16)11-8-6-5-7-9-11/h5-9H,1H2,2-4H3. The third-order valence-corrected chi connectivity index (χ3v) is 4.64. The largest absolute Gasteiger partial charge is 0.539 e. The molecule has 0 N–H and O–H groups in total. The molecule has 0 atom stereocenters. The Labute approximate surface area is 114 Å². The van der Waals surface area contributed by atoms with Crippen LogP contribution in [0.4, 0.5) is 0 Å². The summed E-state index contributed by atoms with van der Waals surface area (Å²) in [6, 6.07) is 7.71. The zero-order valence-electron chi connectivity index (χ0n) is 11.1. The zero-order chi connectivity index (χ0) is 14.7.